The number of halogens is 1. The number of imide groups is 1. The number of aliphatic hydroxyl groups is 1. The second-order valence-corrected chi connectivity index (χ2v) is 17.1. The minimum absolute atomic E-state index is 0.115. The number of carbonyl (C=O) groups excluding carboxylic acids is 4. The Bertz CT molecular complexity index is 2260. The van der Waals surface area contributed by atoms with Crippen molar-refractivity contribution < 1.29 is 29.0 Å². The Morgan fingerprint density at radius 2 is 1.80 bits per heavy atom. The van der Waals surface area contributed by atoms with Crippen LogP contribution in [0.25, 0.3) is 5.00 Å². The molecular formula is C43H52ClN9O6S. The van der Waals surface area contributed by atoms with E-state index in [4.69, 9.17) is 21.3 Å². The van der Waals surface area contributed by atoms with Gasteiger partial charge in [0.25, 0.3) is 5.91 Å². The summed E-state index contributed by atoms with van der Waals surface area (Å²) in [6, 6.07) is 11.8. The zero-order chi connectivity index (χ0) is 42.3. The molecule has 3 aliphatic heterocycles. The molecule has 3 atom stereocenters. The summed E-state index contributed by atoms with van der Waals surface area (Å²) < 4.78 is 7.87. The molecule has 0 spiro atoms. The number of benzene rings is 2. The van der Waals surface area contributed by atoms with Crippen LogP contribution in [0.1, 0.15) is 107 Å². The molecule has 1 fully saturated rings. The van der Waals surface area contributed by atoms with Crippen LogP contribution in [0.2, 0.25) is 5.02 Å². The van der Waals surface area contributed by atoms with Gasteiger partial charge in [0.1, 0.15) is 29.1 Å². The van der Waals surface area contributed by atoms with E-state index in [1.807, 2.05) is 31.2 Å². The van der Waals surface area contributed by atoms with Gasteiger partial charge in [-0.25, -0.2) is 0 Å². The summed E-state index contributed by atoms with van der Waals surface area (Å²) in [6.45, 7) is 9.37. The molecule has 3 aliphatic rings. The smallest absolute Gasteiger partial charge is 0.255 e. The number of rotatable bonds is 19. The van der Waals surface area contributed by atoms with Crippen LogP contribution >= 0.6 is 22.9 Å². The minimum atomic E-state index is -0.843. The third kappa shape index (κ3) is 9.85. The molecule has 0 saturated carbocycles. The highest BCUT2D eigenvalue weighted by molar-refractivity contribution is 7.15. The predicted molar refractivity (Wildman–Crippen MR) is 230 cm³/mol. The third-order valence-electron chi connectivity index (χ3n) is 11.2. The molecule has 5 N–H and O–H groups in total. The molecule has 318 valence electrons. The van der Waals surface area contributed by atoms with Crippen LogP contribution in [-0.2, 0) is 25.7 Å². The van der Waals surface area contributed by atoms with Gasteiger partial charge in [0.2, 0.25) is 17.7 Å². The quantitative estimate of drug-likeness (QED) is 0.0484. The number of hydrogen-bond acceptors (Lipinski definition) is 12. The van der Waals surface area contributed by atoms with E-state index in [1.54, 1.807) is 29.5 Å². The van der Waals surface area contributed by atoms with E-state index in [2.05, 4.69) is 49.9 Å². The van der Waals surface area contributed by atoms with Crippen LogP contribution < -0.4 is 21.3 Å². The number of amides is 4. The van der Waals surface area contributed by atoms with Crippen LogP contribution in [-0.4, -0.2) is 99.2 Å². The molecule has 4 aromatic rings. The summed E-state index contributed by atoms with van der Waals surface area (Å²) >= 11 is 7.92. The van der Waals surface area contributed by atoms with Gasteiger partial charge in [0.05, 0.1) is 18.9 Å². The molecule has 2 aromatic carbocycles. The van der Waals surface area contributed by atoms with Crippen LogP contribution in [0, 0.1) is 20.8 Å². The zero-order valence-electron chi connectivity index (χ0n) is 34.2. The number of thiophene rings is 1. The van der Waals surface area contributed by atoms with Gasteiger partial charge in [0.15, 0.2) is 5.82 Å². The molecule has 0 bridgehead atoms. The van der Waals surface area contributed by atoms with E-state index in [0.29, 0.717) is 66.8 Å². The van der Waals surface area contributed by atoms with Crippen molar-refractivity contribution in [3.63, 3.8) is 0 Å². The fourth-order valence-corrected chi connectivity index (χ4v) is 9.26. The number of aliphatic imine (C=N–C) groups is 1. The maximum atomic E-state index is 13.1. The third-order valence-corrected chi connectivity index (χ3v) is 12.7. The highest BCUT2D eigenvalue weighted by Crippen LogP contribution is 2.40. The summed E-state index contributed by atoms with van der Waals surface area (Å²) in [5.41, 5.74) is 5.75. The number of anilines is 1. The number of carbonyl (C=O) groups is 4. The number of hydrogen-bond donors (Lipinski definition) is 5. The lowest BCUT2D eigenvalue weighted by molar-refractivity contribution is -0.137. The Kier molecular flexibility index (Phi) is 14.2. The van der Waals surface area contributed by atoms with E-state index in [1.165, 1.54) is 9.78 Å². The van der Waals surface area contributed by atoms with E-state index >= 15 is 0 Å². The molecule has 5 heterocycles. The number of fused-ring (bicyclic) bond motifs is 4. The van der Waals surface area contributed by atoms with E-state index in [-0.39, 0.29) is 37.1 Å². The van der Waals surface area contributed by atoms with Gasteiger partial charge < -0.3 is 25.4 Å². The average Bonchev–Trinajstić information content (AvgIpc) is 3.84. The molecule has 17 heteroatoms. The van der Waals surface area contributed by atoms with Gasteiger partial charge >= 0.3 is 0 Å². The van der Waals surface area contributed by atoms with Gasteiger partial charge in [-0.15, -0.1) is 21.5 Å². The van der Waals surface area contributed by atoms with Crippen LogP contribution in [0.4, 0.5) is 5.69 Å². The number of aryl methyl sites for hydroxylation is 2. The van der Waals surface area contributed by atoms with Gasteiger partial charge in [0, 0.05) is 76.7 Å². The molecule has 0 radical (unpaired) electrons. The molecule has 7 rings (SSSR count). The number of unbranched alkanes of at least 4 members (excludes halogenated alkanes) is 3. The summed E-state index contributed by atoms with van der Waals surface area (Å²) in [7, 11) is 0. The van der Waals surface area contributed by atoms with Gasteiger partial charge in [-0.1, -0.05) is 42.6 Å². The maximum absolute atomic E-state index is 13.1. The summed E-state index contributed by atoms with van der Waals surface area (Å²) in [6.07, 6.45) is 3.92. The van der Waals surface area contributed by atoms with E-state index < -0.39 is 24.2 Å². The molecule has 4 amide bonds. The van der Waals surface area contributed by atoms with Crippen molar-refractivity contribution in [3.05, 3.63) is 91.8 Å². The molecule has 60 heavy (non-hydrogen) atoms. The largest absolute Gasteiger partial charge is 0.379 e. The van der Waals surface area contributed by atoms with Crippen molar-refractivity contribution in [1.82, 2.24) is 35.6 Å². The Hall–Kier alpha value is -4.84. The monoisotopic (exact) mass is 857 g/mol. The van der Waals surface area contributed by atoms with Gasteiger partial charge in [-0.2, -0.15) is 0 Å². The number of nitrogens with one attached hydrogen (secondary N) is 4. The van der Waals surface area contributed by atoms with Crippen LogP contribution in [0.5, 0.6) is 0 Å². The summed E-state index contributed by atoms with van der Waals surface area (Å²) in [4.78, 5) is 57.7. The number of nitrogens with zero attached hydrogens (tertiary/aromatic N) is 5. The molecule has 15 nitrogen and oxygen atoms in total. The average molecular weight is 858 g/mol. The van der Waals surface area contributed by atoms with Crippen molar-refractivity contribution in [2.75, 3.05) is 38.2 Å². The summed E-state index contributed by atoms with van der Waals surface area (Å²) in [5, 5.41) is 33.5. The second kappa shape index (κ2) is 19.7. The van der Waals surface area contributed by atoms with Crippen LogP contribution in [0.15, 0.2) is 47.5 Å². The molecule has 1 saturated heterocycles. The maximum Gasteiger partial charge on any atom is 0.255 e. The number of piperidine rings is 1. The van der Waals surface area contributed by atoms with E-state index in [9.17, 15) is 24.3 Å². The van der Waals surface area contributed by atoms with Crippen molar-refractivity contribution >= 4 is 58.0 Å². The number of aromatic nitrogens is 3. The minimum Gasteiger partial charge on any atom is -0.379 e. The van der Waals surface area contributed by atoms with Crippen molar-refractivity contribution in [1.29, 1.82) is 0 Å². The fraction of sp³-hybridized carbons (Fsp3) is 0.465. The zero-order valence-corrected chi connectivity index (χ0v) is 35.8. The lowest BCUT2D eigenvalue weighted by Gasteiger charge is -2.29. The lowest BCUT2D eigenvalue weighted by atomic mass is 9.99. The van der Waals surface area contributed by atoms with Gasteiger partial charge in [-0.3, -0.25) is 39.4 Å². The predicted octanol–water partition coefficient (Wildman–Crippen LogP) is 5.05. The normalized spacial score (nSPS) is 17.8. The van der Waals surface area contributed by atoms with Gasteiger partial charge in [-0.05, 0) is 76.4 Å². The Labute approximate surface area is 358 Å². The molecular weight excluding hydrogens is 806 g/mol. The Balaban J connectivity index is 0.767. The SMILES string of the molecule is Cc1sc2c(c1C)C(c1ccc(Cl)cc1)=N[C@@H](CC(O)NCCOCCNCCCCCCC(=O)Nc1cccc3c1CN(C1CCC(=O)NC1=O)C3=O)c1nnc(C)n1-2. The fourth-order valence-electron chi connectivity index (χ4n) is 7.92. The standard InChI is InChI=1S/C43H52ClN9O6S/c1-25-26(2)60-43-38(25)39(28-12-14-29(44)15-13-28)48-33(40-51-50-27(3)53(40)43)23-37(56)46-20-22-59-21-19-45-18-7-5-4-6-11-35(54)47-32-10-8-9-30-31(32)24-52(42(30)58)34-16-17-36(55)49-41(34)57/h8-10,12-15,33-34,37,45-46,56H,4-7,11,16-24H2,1-3H3,(H,47,54)(H,49,55,57)/t33-,34?,37?/m0/s1. The second-order valence-electron chi connectivity index (χ2n) is 15.4. The first-order valence-corrected chi connectivity index (χ1v) is 21.8. The van der Waals surface area contributed by atoms with Crippen molar-refractivity contribution in [3.8, 4) is 5.00 Å². The highest BCUT2D eigenvalue weighted by Gasteiger charge is 2.40. The first kappa shape index (κ1) is 43.3. The Morgan fingerprint density at radius 3 is 2.60 bits per heavy atom. The molecule has 2 unspecified atom stereocenters. The number of ether oxygens (including phenoxy) is 1. The first-order chi connectivity index (χ1) is 29.0. The van der Waals surface area contributed by atoms with Crippen LogP contribution in [0.3, 0.4) is 0 Å². The highest BCUT2D eigenvalue weighted by atomic mass is 35.5. The number of aliphatic hydroxyl groups excluding tert-OH is 1. The topological polar surface area (TPSA) is 192 Å². The van der Waals surface area contributed by atoms with Crippen molar-refractivity contribution in [2.24, 2.45) is 4.99 Å². The molecule has 0 aliphatic carbocycles. The Morgan fingerprint density at radius 1 is 1.02 bits per heavy atom. The van der Waals surface area contributed by atoms with E-state index in [0.717, 1.165) is 65.5 Å². The van der Waals surface area contributed by atoms with Crippen molar-refractivity contribution in [2.45, 2.75) is 97.0 Å². The first-order valence-electron chi connectivity index (χ1n) is 20.6. The summed E-state index contributed by atoms with van der Waals surface area (Å²) in [5.74, 6) is 0.291. The molecule has 2 aromatic heterocycles. The lowest BCUT2D eigenvalue weighted by Crippen LogP contribution is -2.52.